The topological polar surface area (TPSA) is 75.9 Å². The van der Waals surface area contributed by atoms with Crippen LogP contribution >= 0.6 is 0 Å². The smallest absolute Gasteiger partial charge is 0.280 e. The molecule has 1 aliphatic rings. The van der Waals surface area contributed by atoms with Crippen molar-refractivity contribution in [3.05, 3.63) is 30.4 Å². The molecule has 3 aromatic rings. The zero-order chi connectivity index (χ0) is 16.9. The number of hydrogen-bond donors (Lipinski definition) is 2. The van der Waals surface area contributed by atoms with Gasteiger partial charge in [-0.05, 0) is 32.0 Å². The summed E-state index contributed by atoms with van der Waals surface area (Å²) in [6.07, 6.45) is 2.42. The van der Waals surface area contributed by atoms with Crippen LogP contribution in [0.4, 0.5) is 8.78 Å². The van der Waals surface area contributed by atoms with E-state index >= 15 is 0 Å². The SMILES string of the molecule is CC(O)c1nc2cnc3cccnc3c2n1C1CCNCC1(F)F. The molecule has 0 aliphatic carbocycles. The minimum atomic E-state index is -2.94. The van der Waals surface area contributed by atoms with Crippen molar-refractivity contribution in [2.45, 2.75) is 31.4 Å². The van der Waals surface area contributed by atoms with Gasteiger partial charge in [0.25, 0.3) is 5.92 Å². The molecule has 1 aliphatic heterocycles. The quantitative estimate of drug-likeness (QED) is 0.752. The zero-order valence-corrected chi connectivity index (χ0v) is 13.1. The van der Waals surface area contributed by atoms with Crippen LogP contribution < -0.4 is 5.32 Å². The molecule has 0 aromatic carbocycles. The summed E-state index contributed by atoms with van der Waals surface area (Å²) in [6, 6.07) is 2.44. The number of pyridine rings is 2. The lowest BCUT2D eigenvalue weighted by molar-refractivity contribution is -0.0666. The molecule has 6 nitrogen and oxygen atoms in total. The molecule has 24 heavy (non-hydrogen) atoms. The Bertz CT molecular complexity index is 908. The monoisotopic (exact) mass is 333 g/mol. The zero-order valence-electron chi connectivity index (χ0n) is 13.1. The van der Waals surface area contributed by atoms with E-state index in [1.807, 2.05) is 0 Å². The number of halogens is 2. The number of aliphatic hydroxyl groups is 1. The summed E-state index contributed by atoms with van der Waals surface area (Å²) < 4.78 is 30.6. The molecule has 0 radical (unpaired) electrons. The summed E-state index contributed by atoms with van der Waals surface area (Å²) in [5.41, 5.74) is 2.10. The molecule has 4 rings (SSSR count). The Hall–Kier alpha value is -2.19. The van der Waals surface area contributed by atoms with Crippen molar-refractivity contribution in [3.8, 4) is 0 Å². The molecule has 0 amide bonds. The van der Waals surface area contributed by atoms with E-state index in [1.54, 1.807) is 24.5 Å². The number of piperidine rings is 1. The normalized spacial score (nSPS) is 22.1. The van der Waals surface area contributed by atoms with Gasteiger partial charge in [0.2, 0.25) is 0 Å². The van der Waals surface area contributed by atoms with Gasteiger partial charge >= 0.3 is 0 Å². The molecule has 8 heteroatoms. The fraction of sp³-hybridized carbons (Fsp3) is 0.438. The maximum absolute atomic E-state index is 14.6. The van der Waals surface area contributed by atoms with Crippen LogP contribution in [0.3, 0.4) is 0 Å². The van der Waals surface area contributed by atoms with Gasteiger partial charge in [-0.3, -0.25) is 9.97 Å². The lowest BCUT2D eigenvalue weighted by atomic mass is 10.0. The van der Waals surface area contributed by atoms with Gasteiger partial charge in [0, 0.05) is 6.20 Å². The molecular formula is C16H17F2N5O. The third-order valence-electron chi connectivity index (χ3n) is 4.43. The summed E-state index contributed by atoms with van der Waals surface area (Å²) >= 11 is 0. The van der Waals surface area contributed by atoms with E-state index < -0.39 is 24.6 Å². The first-order valence-corrected chi connectivity index (χ1v) is 7.87. The van der Waals surface area contributed by atoms with Crippen molar-refractivity contribution in [1.29, 1.82) is 0 Å². The third kappa shape index (κ3) is 2.25. The van der Waals surface area contributed by atoms with Crippen LogP contribution in [0.2, 0.25) is 0 Å². The lowest BCUT2D eigenvalue weighted by Crippen LogP contribution is -2.47. The van der Waals surface area contributed by atoms with E-state index in [-0.39, 0.29) is 12.2 Å². The van der Waals surface area contributed by atoms with Gasteiger partial charge in [-0.25, -0.2) is 13.8 Å². The highest BCUT2D eigenvalue weighted by atomic mass is 19.3. The molecule has 2 unspecified atom stereocenters. The lowest BCUT2D eigenvalue weighted by Gasteiger charge is -2.34. The number of aliphatic hydroxyl groups excluding tert-OH is 1. The molecule has 3 aromatic heterocycles. The van der Waals surface area contributed by atoms with Crippen LogP contribution in [0, 0.1) is 0 Å². The Kier molecular flexibility index (Phi) is 3.47. The second kappa shape index (κ2) is 5.42. The number of alkyl halides is 2. The minimum absolute atomic E-state index is 0.219. The molecule has 1 fully saturated rings. The number of imidazole rings is 1. The van der Waals surface area contributed by atoms with Gasteiger partial charge in [-0.2, -0.15) is 0 Å². The van der Waals surface area contributed by atoms with Crippen LogP contribution in [-0.2, 0) is 0 Å². The average molecular weight is 333 g/mol. The van der Waals surface area contributed by atoms with Crippen molar-refractivity contribution in [2.75, 3.05) is 13.1 Å². The van der Waals surface area contributed by atoms with E-state index in [9.17, 15) is 13.9 Å². The summed E-state index contributed by atoms with van der Waals surface area (Å²) in [5, 5.41) is 12.8. The highest BCUT2D eigenvalue weighted by molar-refractivity contribution is 5.99. The number of aromatic nitrogens is 4. The first-order chi connectivity index (χ1) is 11.5. The van der Waals surface area contributed by atoms with E-state index in [4.69, 9.17) is 0 Å². The number of nitrogens with one attached hydrogen (secondary N) is 1. The van der Waals surface area contributed by atoms with Crippen LogP contribution in [-0.4, -0.2) is 43.6 Å². The highest BCUT2D eigenvalue weighted by Crippen LogP contribution is 2.39. The Morgan fingerprint density at radius 2 is 2.21 bits per heavy atom. The molecule has 4 heterocycles. The standard InChI is InChI=1S/C16H17F2N5O/c1-9(24)15-22-11-7-21-10-3-2-5-20-13(10)14(11)23(15)12-4-6-19-8-16(12,17)18/h2-3,5,7,9,12,19,24H,4,6,8H2,1H3. The fourth-order valence-corrected chi connectivity index (χ4v) is 3.36. The second-order valence-electron chi connectivity index (χ2n) is 6.12. The van der Waals surface area contributed by atoms with Crippen molar-refractivity contribution in [2.24, 2.45) is 0 Å². The van der Waals surface area contributed by atoms with Crippen LogP contribution in [0.25, 0.3) is 22.1 Å². The first kappa shape index (κ1) is 15.3. The Labute approximate surface area is 136 Å². The van der Waals surface area contributed by atoms with Gasteiger partial charge < -0.3 is 15.0 Å². The number of nitrogens with zero attached hydrogens (tertiary/aromatic N) is 4. The molecule has 0 bridgehead atoms. The largest absolute Gasteiger partial charge is 0.385 e. The maximum atomic E-state index is 14.6. The van der Waals surface area contributed by atoms with E-state index in [2.05, 4.69) is 20.3 Å². The first-order valence-electron chi connectivity index (χ1n) is 7.87. The Balaban J connectivity index is 2.07. The van der Waals surface area contributed by atoms with Crippen molar-refractivity contribution >= 4 is 22.1 Å². The average Bonchev–Trinajstić information content (AvgIpc) is 2.94. The molecule has 0 saturated carbocycles. The predicted octanol–water partition coefficient (Wildman–Crippen LogP) is 2.20. The van der Waals surface area contributed by atoms with E-state index in [0.29, 0.717) is 28.6 Å². The van der Waals surface area contributed by atoms with E-state index in [0.717, 1.165) is 0 Å². The highest BCUT2D eigenvalue weighted by Gasteiger charge is 2.44. The van der Waals surface area contributed by atoms with Crippen molar-refractivity contribution in [1.82, 2.24) is 24.8 Å². The number of fused-ring (bicyclic) bond motifs is 3. The second-order valence-corrected chi connectivity index (χ2v) is 6.12. The molecular weight excluding hydrogens is 316 g/mol. The van der Waals surface area contributed by atoms with Gasteiger partial charge in [0.05, 0.1) is 23.8 Å². The van der Waals surface area contributed by atoms with Crippen LogP contribution in [0.1, 0.15) is 31.3 Å². The fourth-order valence-electron chi connectivity index (χ4n) is 3.36. The van der Waals surface area contributed by atoms with Gasteiger partial charge in [0.1, 0.15) is 29.0 Å². The summed E-state index contributed by atoms with van der Waals surface area (Å²) in [6.45, 7) is 1.61. The molecule has 2 atom stereocenters. The van der Waals surface area contributed by atoms with Crippen molar-refractivity contribution < 1.29 is 13.9 Å². The summed E-state index contributed by atoms with van der Waals surface area (Å²) in [7, 11) is 0. The number of rotatable bonds is 2. The molecule has 2 N–H and O–H groups in total. The summed E-state index contributed by atoms with van der Waals surface area (Å²) in [5.74, 6) is -2.73. The van der Waals surface area contributed by atoms with E-state index in [1.165, 1.54) is 11.5 Å². The molecule has 1 saturated heterocycles. The molecule has 126 valence electrons. The minimum Gasteiger partial charge on any atom is -0.385 e. The van der Waals surface area contributed by atoms with Gasteiger partial charge in [0.15, 0.2) is 0 Å². The van der Waals surface area contributed by atoms with Crippen LogP contribution in [0.5, 0.6) is 0 Å². The predicted molar refractivity (Wildman–Crippen MR) is 84.9 cm³/mol. The van der Waals surface area contributed by atoms with Gasteiger partial charge in [-0.15, -0.1) is 0 Å². The van der Waals surface area contributed by atoms with Gasteiger partial charge in [-0.1, -0.05) is 0 Å². The number of hydrogen-bond acceptors (Lipinski definition) is 5. The Morgan fingerprint density at radius 1 is 1.38 bits per heavy atom. The van der Waals surface area contributed by atoms with Crippen molar-refractivity contribution in [3.63, 3.8) is 0 Å². The summed E-state index contributed by atoms with van der Waals surface area (Å²) in [4.78, 5) is 13.0. The molecule has 0 spiro atoms. The van der Waals surface area contributed by atoms with Crippen LogP contribution in [0.15, 0.2) is 24.5 Å². The Morgan fingerprint density at radius 3 is 2.96 bits per heavy atom. The third-order valence-corrected chi connectivity index (χ3v) is 4.43. The maximum Gasteiger partial charge on any atom is 0.280 e.